The first-order valence-corrected chi connectivity index (χ1v) is 9.20. The fourth-order valence-corrected chi connectivity index (χ4v) is 2.28. The zero-order valence-electron chi connectivity index (χ0n) is 15.7. The summed E-state index contributed by atoms with van der Waals surface area (Å²) in [5.74, 6) is -0.612. The van der Waals surface area contributed by atoms with Crippen LogP contribution in [0.25, 0.3) is 0 Å². The molecule has 1 unspecified atom stereocenters. The first-order valence-electron chi connectivity index (χ1n) is 8.09. The average molecular weight is 358 g/mol. The molecular formula is C18H30O5S. The van der Waals surface area contributed by atoms with E-state index in [1.54, 1.807) is 26.0 Å². The van der Waals surface area contributed by atoms with E-state index in [1.807, 2.05) is 34.6 Å². The van der Waals surface area contributed by atoms with Crippen LogP contribution in [0.1, 0.15) is 65.2 Å². The molecule has 0 aliphatic rings. The normalized spacial score (nSPS) is 12.8. The highest BCUT2D eigenvalue weighted by molar-refractivity contribution is 7.79. The molecule has 1 aromatic carbocycles. The summed E-state index contributed by atoms with van der Waals surface area (Å²) in [4.78, 5) is 12.3. The maximum Gasteiger partial charge on any atom is 0.339 e. The van der Waals surface area contributed by atoms with Gasteiger partial charge in [-0.25, -0.2) is 9.00 Å². The van der Waals surface area contributed by atoms with E-state index < -0.39 is 22.7 Å². The van der Waals surface area contributed by atoms with E-state index in [4.69, 9.17) is 9.47 Å². The molecule has 0 saturated heterocycles. The van der Waals surface area contributed by atoms with Crippen LogP contribution in [0.3, 0.4) is 0 Å². The van der Waals surface area contributed by atoms with Crippen molar-refractivity contribution in [3.05, 3.63) is 29.8 Å². The van der Waals surface area contributed by atoms with Crippen LogP contribution in [0.4, 0.5) is 0 Å². The highest BCUT2D eigenvalue weighted by atomic mass is 32.2. The second-order valence-electron chi connectivity index (χ2n) is 6.61. The molecule has 138 valence electrons. The highest BCUT2D eigenvalue weighted by Gasteiger charge is 2.26. The van der Waals surface area contributed by atoms with Crippen LogP contribution in [0.5, 0.6) is 0 Å². The third-order valence-electron chi connectivity index (χ3n) is 2.90. The number of rotatable bonds is 6. The molecule has 0 fully saturated rings. The Labute approximate surface area is 148 Å². The second-order valence-corrected chi connectivity index (χ2v) is 7.54. The lowest BCUT2D eigenvalue weighted by molar-refractivity contribution is -0.0476. The molecule has 0 aliphatic carbocycles. The predicted octanol–water partition coefficient (Wildman–Crippen LogP) is 4.43. The van der Waals surface area contributed by atoms with E-state index in [-0.39, 0.29) is 16.1 Å². The highest BCUT2D eigenvalue weighted by Crippen LogP contribution is 2.21. The minimum absolute atomic E-state index is 0.0502. The van der Waals surface area contributed by atoms with Gasteiger partial charge in [-0.05, 0) is 46.8 Å². The van der Waals surface area contributed by atoms with E-state index in [9.17, 15) is 13.6 Å². The van der Waals surface area contributed by atoms with E-state index in [0.29, 0.717) is 13.0 Å². The molecule has 0 aliphatic heterocycles. The Kier molecular flexibility index (Phi) is 9.40. The quantitative estimate of drug-likeness (QED) is 0.601. The fraction of sp³-hybridized carbons (Fsp3) is 0.611. The number of benzene rings is 1. The topological polar surface area (TPSA) is 72.8 Å². The Hall–Kier alpha value is -1.24. The van der Waals surface area contributed by atoms with Gasteiger partial charge in [-0.2, -0.15) is 0 Å². The summed E-state index contributed by atoms with van der Waals surface area (Å²) in [6, 6.07) is 6.14. The smallest absolute Gasteiger partial charge is 0.339 e. The van der Waals surface area contributed by atoms with Gasteiger partial charge >= 0.3 is 5.97 Å². The molecule has 0 saturated carbocycles. The van der Waals surface area contributed by atoms with Crippen LogP contribution >= 0.6 is 0 Å². The Morgan fingerprint density at radius 2 is 1.67 bits per heavy atom. The zero-order valence-corrected chi connectivity index (χ0v) is 16.5. The van der Waals surface area contributed by atoms with Crippen molar-refractivity contribution >= 4 is 17.0 Å². The lowest BCUT2D eigenvalue weighted by Gasteiger charge is -2.27. The molecule has 5 nitrogen and oxygen atoms in total. The monoisotopic (exact) mass is 358 g/mol. The van der Waals surface area contributed by atoms with Gasteiger partial charge < -0.3 is 14.0 Å². The van der Waals surface area contributed by atoms with Crippen molar-refractivity contribution in [2.45, 2.75) is 71.0 Å². The summed E-state index contributed by atoms with van der Waals surface area (Å²) in [7, 11) is 0. The zero-order chi connectivity index (χ0) is 19.0. The fourth-order valence-electron chi connectivity index (χ4n) is 1.75. The number of carbonyl (C=O) groups is 1. The number of hydrogen-bond acceptors (Lipinski definition) is 4. The van der Waals surface area contributed by atoms with Crippen molar-refractivity contribution in [1.82, 2.24) is 0 Å². The van der Waals surface area contributed by atoms with Crippen LogP contribution in [0, 0.1) is 0 Å². The van der Waals surface area contributed by atoms with Gasteiger partial charge in [0.05, 0.1) is 22.7 Å². The SMILES string of the molecule is CC.CC(C)(C)OCCC(C)(C)OC(=O)c1ccccc1S(=O)O. The third-order valence-corrected chi connectivity index (χ3v) is 3.64. The third kappa shape index (κ3) is 8.57. The molecule has 24 heavy (non-hydrogen) atoms. The van der Waals surface area contributed by atoms with Crippen molar-refractivity contribution in [2.75, 3.05) is 6.61 Å². The van der Waals surface area contributed by atoms with Crippen molar-refractivity contribution < 1.29 is 23.0 Å². The minimum atomic E-state index is -2.23. The Morgan fingerprint density at radius 3 is 2.17 bits per heavy atom. The largest absolute Gasteiger partial charge is 0.456 e. The summed E-state index contributed by atoms with van der Waals surface area (Å²) < 4.78 is 31.6. The maximum absolute atomic E-state index is 12.2. The Bertz CT molecular complexity index is 547. The van der Waals surface area contributed by atoms with Crippen LogP contribution in [0.15, 0.2) is 29.2 Å². The predicted molar refractivity (Wildman–Crippen MR) is 96.6 cm³/mol. The summed E-state index contributed by atoms with van der Waals surface area (Å²) in [6.45, 7) is 13.9. The molecule has 6 heteroatoms. The Balaban J connectivity index is 0.00000254. The van der Waals surface area contributed by atoms with Crippen molar-refractivity contribution in [3.8, 4) is 0 Å². The van der Waals surface area contributed by atoms with Gasteiger partial charge in [0.1, 0.15) is 5.60 Å². The van der Waals surface area contributed by atoms with Gasteiger partial charge in [-0.3, -0.25) is 0 Å². The van der Waals surface area contributed by atoms with E-state index >= 15 is 0 Å². The van der Waals surface area contributed by atoms with Gasteiger partial charge in [0, 0.05) is 6.42 Å². The molecule has 1 N–H and O–H groups in total. The summed E-state index contributed by atoms with van der Waals surface area (Å²) >= 11 is -2.23. The Morgan fingerprint density at radius 1 is 1.12 bits per heavy atom. The van der Waals surface area contributed by atoms with Gasteiger partial charge in [0.2, 0.25) is 0 Å². The molecule has 0 spiro atoms. The first-order chi connectivity index (χ1) is 11.0. The molecule has 0 amide bonds. The molecule has 0 aromatic heterocycles. The molecular weight excluding hydrogens is 328 g/mol. The van der Waals surface area contributed by atoms with E-state index in [0.717, 1.165) is 0 Å². The summed E-state index contributed by atoms with van der Waals surface area (Å²) in [5.41, 5.74) is -0.875. The number of hydrogen-bond donors (Lipinski definition) is 1. The van der Waals surface area contributed by atoms with Gasteiger partial charge in [0.15, 0.2) is 11.1 Å². The van der Waals surface area contributed by atoms with Crippen molar-refractivity contribution in [1.29, 1.82) is 0 Å². The van der Waals surface area contributed by atoms with Crippen molar-refractivity contribution in [3.63, 3.8) is 0 Å². The molecule has 1 rings (SSSR count). The van der Waals surface area contributed by atoms with Crippen LogP contribution in [-0.2, 0) is 20.6 Å². The molecule has 0 bridgehead atoms. The molecule has 0 heterocycles. The lowest BCUT2D eigenvalue weighted by Crippen LogP contribution is -2.32. The average Bonchev–Trinajstić information content (AvgIpc) is 2.47. The maximum atomic E-state index is 12.2. The van der Waals surface area contributed by atoms with Crippen LogP contribution in [0.2, 0.25) is 0 Å². The van der Waals surface area contributed by atoms with Gasteiger partial charge in [-0.15, -0.1) is 0 Å². The standard InChI is InChI=1S/C16H24O5S.C2H6/c1-15(2,3)20-11-10-16(4,5)21-14(17)12-8-6-7-9-13(12)22(18)19;1-2/h6-9H,10-11H2,1-5H3,(H,18,19);1-2H3. The van der Waals surface area contributed by atoms with Crippen LogP contribution < -0.4 is 0 Å². The lowest BCUT2D eigenvalue weighted by atomic mass is 10.1. The summed E-state index contributed by atoms with van der Waals surface area (Å²) in [5, 5.41) is 0. The van der Waals surface area contributed by atoms with E-state index in [2.05, 4.69) is 0 Å². The molecule has 1 atom stereocenters. The minimum Gasteiger partial charge on any atom is -0.456 e. The number of carbonyl (C=O) groups excluding carboxylic acids is 1. The van der Waals surface area contributed by atoms with Crippen LogP contribution in [-0.4, -0.2) is 32.5 Å². The van der Waals surface area contributed by atoms with Crippen molar-refractivity contribution in [2.24, 2.45) is 0 Å². The number of esters is 1. The number of ether oxygens (including phenoxy) is 2. The van der Waals surface area contributed by atoms with Gasteiger partial charge in [-0.1, -0.05) is 26.0 Å². The van der Waals surface area contributed by atoms with Gasteiger partial charge in [0.25, 0.3) is 0 Å². The first kappa shape index (κ1) is 22.8. The van der Waals surface area contributed by atoms with E-state index in [1.165, 1.54) is 12.1 Å². The molecule has 1 aromatic rings. The second kappa shape index (κ2) is 9.91. The summed E-state index contributed by atoms with van der Waals surface area (Å²) in [6.07, 6.45) is 0.528. The molecule has 0 radical (unpaired) electrons.